The van der Waals surface area contributed by atoms with Crippen molar-refractivity contribution in [3.8, 4) is 0 Å². The van der Waals surface area contributed by atoms with Gasteiger partial charge in [0.25, 0.3) is 5.56 Å². The lowest BCUT2D eigenvalue weighted by molar-refractivity contribution is -0.127. The molecule has 1 amide bonds. The third-order valence-electron chi connectivity index (χ3n) is 6.79. The quantitative estimate of drug-likeness (QED) is 0.742. The average molecular weight is 424 g/mol. The molecule has 8 heteroatoms. The van der Waals surface area contributed by atoms with Gasteiger partial charge in [-0.2, -0.15) is 0 Å². The highest BCUT2D eigenvalue weighted by atomic mass is 16.4. The molecule has 3 aliphatic rings. The van der Waals surface area contributed by atoms with E-state index in [4.69, 9.17) is 4.42 Å². The molecule has 164 valence electrons. The molecule has 4 heterocycles. The number of carbonyl (C=O) groups is 1. The summed E-state index contributed by atoms with van der Waals surface area (Å²) in [4.78, 5) is 28.5. The van der Waals surface area contributed by atoms with Gasteiger partial charge in [-0.1, -0.05) is 17.7 Å². The number of amides is 1. The first-order valence-electron chi connectivity index (χ1n) is 11.3. The summed E-state index contributed by atoms with van der Waals surface area (Å²) in [6, 6.07) is 4.87. The molecular weight excluding hydrogens is 394 g/mol. The average Bonchev–Trinajstić information content (AvgIpc) is 3.18. The summed E-state index contributed by atoms with van der Waals surface area (Å²) in [7, 11) is 0. The number of carbonyl (C=O) groups excluding carboxylic acids is 1. The van der Waals surface area contributed by atoms with Crippen molar-refractivity contribution in [3.05, 3.63) is 57.7 Å². The second kappa shape index (κ2) is 8.42. The molecule has 8 nitrogen and oxygen atoms in total. The van der Waals surface area contributed by atoms with E-state index in [0.717, 1.165) is 38.0 Å². The SMILES string of the molecule is Cc1nnc(CN2C[C@@H]3C[C@H](C2)[C@H](C(=O)NCC2=CCCCC2)n2c3cccc2=O)o1. The van der Waals surface area contributed by atoms with Gasteiger partial charge in [-0.15, -0.1) is 10.2 Å². The minimum absolute atomic E-state index is 0.0556. The number of piperidine rings is 1. The van der Waals surface area contributed by atoms with Crippen molar-refractivity contribution in [3.63, 3.8) is 0 Å². The molecule has 2 bridgehead atoms. The van der Waals surface area contributed by atoms with Crippen LogP contribution in [0.15, 0.2) is 39.1 Å². The van der Waals surface area contributed by atoms with Gasteiger partial charge in [0.05, 0.1) is 6.54 Å². The number of pyridine rings is 1. The van der Waals surface area contributed by atoms with Crippen LogP contribution in [-0.2, 0) is 11.3 Å². The predicted molar refractivity (Wildman–Crippen MR) is 114 cm³/mol. The molecular formula is C23H29N5O3. The number of aromatic nitrogens is 3. The number of nitrogens with zero attached hydrogens (tertiary/aromatic N) is 4. The number of hydrogen-bond donors (Lipinski definition) is 1. The van der Waals surface area contributed by atoms with E-state index in [9.17, 15) is 9.59 Å². The highest BCUT2D eigenvalue weighted by molar-refractivity contribution is 5.81. The topological polar surface area (TPSA) is 93.3 Å². The molecule has 0 aromatic carbocycles. The molecule has 3 atom stereocenters. The fourth-order valence-corrected chi connectivity index (χ4v) is 5.46. The van der Waals surface area contributed by atoms with Crippen LogP contribution in [0.5, 0.6) is 0 Å². The van der Waals surface area contributed by atoms with Crippen LogP contribution in [0.1, 0.15) is 61.5 Å². The first-order valence-corrected chi connectivity index (χ1v) is 11.3. The number of allylic oxidation sites excluding steroid dienone is 1. The molecule has 2 aromatic rings. The van der Waals surface area contributed by atoms with Gasteiger partial charge in [-0.3, -0.25) is 19.1 Å². The zero-order chi connectivity index (χ0) is 21.4. The van der Waals surface area contributed by atoms with Crippen molar-refractivity contribution in [1.82, 2.24) is 25.0 Å². The van der Waals surface area contributed by atoms with E-state index in [2.05, 4.69) is 26.5 Å². The summed E-state index contributed by atoms with van der Waals surface area (Å²) in [5.74, 6) is 1.36. The van der Waals surface area contributed by atoms with Gasteiger partial charge < -0.3 is 9.73 Å². The molecule has 1 saturated heterocycles. The number of aryl methyl sites for hydroxylation is 1. The Morgan fingerprint density at radius 2 is 2.16 bits per heavy atom. The maximum Gasteiger partial charge on any atom is 0.251 e. The summed E-state index contributed by atoms with van der Waals surface area (Å²) < 4.78 is 7.32. The Hall–Kier alpha value is -2.74. The van der Waals surface area contributed by atoms with Crippen LogP contribution in [0.25, 0.3) is 0 Å². The number of fused-ring (bicyclic) bond motifs is 4. The van der Waals surface area contributed by atoms with E-state index in [1.807, 2.05) is 6.07 Å². The first kappa shape index (κ1) is 20.2. The summed E-state index contributed by atoms with van der Waals surface area (Å²) in [5, 5.41) is 11.2. The summed E-state index contributed by atoms with van der Waals surface area (Å²) >= 11 is 0. The van der Waals surface area contributed by atoms with Gasteiger partial charge in [-0.25, -0.2) is 0 Å². The first-order chi connectivity index (χ1) is 15.1. The van der Waals surface area contributed by atoms with Crippen molar-refractivity contribution in [2.24, 2.45) is 5.92 Å². The molecule has 0 saturated carbocycles. The van der Waals surface area contributed by atoms with E-state index in [-0.39, 0.29) is 23.3 Å². The molecule has 2 aromatic heterocycles. The van der Waals surface area contributed by atoms with Crippen molar-refractivity contribution >= 4 is 5.91 Å². The number of likely N-dealkylation sites (tertiary alicyclic amines) is 1. The third kappa shape index (κ3) is 4.08. The van der Waals surface area contributed by atoms with E-state index < -0.39 is 6.04 Å². The van der Waals surface area contributed by atoms with Gasteiger partial charge in [0.1, 0.15) is 6.04 Å². The lowest BCUT2D eigenvalue weighted by atomic mass is 9.78. The Labute approximate surface area is 181 Å². The monoisotopic (exact) mass is 423 g/mol. The van der Waals surface area contributed by atoms with E-state index in [1.165, 1.54) is 18.4 Å². The number of nitrogens with one attached hydrogen (secondary N) is 1. The summed E-state index contributed by atoms with van der Waals surface area (Å²) in [6.07, 6.45) is 7.69. The third-order valence-corrected chi connectivity index (χ3v) is 6.79. The van der Waals surface area contributed by atoms with Crippen molar-refractivity contribution in [2.75, 3.05) is 19.6 Å². The van der Waals surface area contributed by atoms with Gasteiger partial charge in [0.15, 0.2) is 0 Å². The van der Waals surface area contributed by atoms with Crippen LogP contribution in [0.3, 0.4) is 0 Å². The van der Waals surface area contributed by atoms with Crippen LogP contribution in [0, 0.1) is 12.8 Å². The van der Waals surface area contributed by atoms with Crippen molar-refractivity contribution in [1.29, 1.82) is 0 Å². The van der Waals surface area contributed by atoms with E-state index >= 15 is 0 Å². The fourth-order valence-electron chi connectivity index (χ4n) is 5.46. The van der Waals surface area contributed by atoms with E-state index in [1.54, 1.807) is 23.6 Å². The molecule has 0 radical (unpaired) electrons. The van der Waals surface area contributed by atoms with Gasteiger partial charge in [0.2, 0.25) is 17.7 Å². The number of rotatable bonds is 5. The Bertz CT molecular complexity index is 1060. The highest BCUT2D eigenvalue weighted by Crippen LogP contribution is 2.41. The van der Waals surface area contributed by atoms with Gasteiger partial charge >= 0.3 is 0 Å². The normalized spacial score (nSPS) is 25.6. The standard InChI is InChI=1S/C23H29N5O3/c1-15-25-26-20(31-15)14-27-12-17-10-18(13-27)22(28-19(17)8-5-9-21(28)29)23(30)24-11-16-6-3-2-4-7-16/h5-6,8-9,17-18,22H,2-4,7,10-14H2,1H3,(H,24,30)/t17-,18+,22+/m0/s1. The molecule has 5 rings (SSSR count). The highest BCUT2D eigenvalue weighted by Gasteiger charge is 2.43. The molecule has 1 aliphatic carbocycles. The second-order valence-electron chi connectivity index (χ2n) is 9.03. The molecule has 0 spiro atoms. The van der Waals surface area contributed by atoms with Crippen LogP contribution in [0.2, 0.25) is 0 Å². The minimum Gasteiger partial charge on any atom is -0.424 e. The molecule has 2 aliphatic heterocycles. The van der Waals surface area contributed by atoms with E-state index in [0.29, 0.717) is 24.9 Å². The van der Waals surface area contributed by atoms with Gasteiger partial charge in [-0.05, 0) is 38.2 Å². The van der Waals surface area contributed by atoms with Crippen LogP contribution < -0.4 is 10.9 Å². The summed E-state index contributed by atoms with van der Waals surface area (Å²) in [5.41, 5.74) is 2.16. The Balaban J connectivity index is 1.40. The van der Waals surface area contributed by atoms with Crippen LogP contribution in [0.4, 0.5) is 0 Å². The lowest BCUT2D eigenvalue weighted by Crippen LogP contribution is -2.53. The van der Waals surface area contributed by atoms with Crippen LogP contribution >= 0.6 is 0 Å². The Morgan fingerprint density at radius 3 is 2.94 bits per heavy atom. The maximum atomic E-state index is 13.4. The largest absolute Gasteiger partial charge is 0.424 e. The van der Waals surface area contributed by atoms with Crippen LogP contribution in [-0.4, -0.2) is 45.2 Å². The molecule has 31 heavy (non-hydrogen) atoms. The summed E-state index contributed by atoms with van der Waals surface area (Å²) in [6.45, 7) is 4.45. The zero-order valence-electron chi connectivity index (χ0n) is 17.9. The number of hydrogen-bond acceptors (Lipinski definition) is 6. The lowest BCUT2D eigenvalue weighted by Gasteiger charge is -2.46. The molecule has 1 fully saturated rings. The molecule has 0 unspecified atom stereocenters. The predicted octanol–water partition coefficient (Wildman–Crippen LogP) is 2.32. The minimum atomic E-state index is -0.489. The van der Waals surface area contributed by atoms with Gasteiger partial charge in [0, 0.05) is 50.2 Å². The smallest absolute Gasteiger partial charge is 0.251 e. The van der Waals surface area contributed by atoms with Crippen molar-refractivity contribution in [2.45, 2.75) is 57.5 Å². The second-order valence-corrected chi connectivity index (χ2v) is 9.03. The van der Waals surface area contributed by atoms with Crippen molar-refractivity contribution < 1.29 is 9.21 Å². The Morgan fingerprint density at radius 1 is 1.26 bits per heavy atom. The maximum absolute atomic E-state index is 13.4. The zero-order valence-corrected chi connectivity index (χ0v) is 17.9. The Kier molecular flexibility index (Phi) is 5.48. The molecule has 1 N–H and O–H groups in total. The fraction of sp³-hybridized carbons (Fsp3) is 0.565.